The summed E-state index contributed by atoms with van der Waals surface area (Å²) in [5.74, 6) is 0.706. The van der Waals surface area contributed by atoms with Crippen LogP contribution in [0.3, 0.4) is 0 Å². The van der Waals surface area contributed by atoms with E-state index in [2.05, 4.69) is 15.3 Å². The SMILES string of the molecule is CNc1cnc(CO)cn1. The van der Waals surface area contributed by atoms with Crippen LogP contribution in [0.15, 0.2) is 12.4 Å². The minimum Gasteiger partial charge on any atom is -0.390 e. The molecule has 0 spiro atoms. The predicted molar refractivity (Wildman–Crippen MR) is 37.5 cm³/mol. The summed E-state index contributed by atoms with van der Waals surface area (Å²) < 4.78 is 0. The summed E-state index contributed by atoms with van der Waals surface area (Å²) in [7, 11) is 1.77. The van der Waals surface area contributed by atoms with Gasteiger partial charge in [0.05, 0.1) is 24.7 Å². The molecule has 0 aliphatic carbocycles. The van der Waals surface area contributed by atoms with Crippen molar-refractivity contribution in [1.82, 2.24) is 9.97 Å². The van der Waals surface area contributed by atoms with E-state index in [-0.39, 0.29) is 6.61 Å². The molecular weight excluding hydrogens is 130 g/mol. The quantitative estimate of drug-likeness (QED) is 0.606. The maximum Gasteiger partial charge on any atom is 0.144 e. The fourth-order valence-electron chi connectivity index (χ4n) is 0.566. The lowest BCUT2D eigenvalue weighted by Gasteiger charge is -1.97. The minimum atomic E-state index is -0.0585. The fourth-order valence-corrected chi connectivity index (χ4v) is 0.566. The number of anilines is 1. The molecule has 4 nitrogen and oxygen atoms in total. The normalized spacial score (nSPS) is 9.40. The summed E-state index contributed by atoms with van der Waals surface area (Å²) >= 11 is 0. The Kier molecular flexibility index (Phi) is 2.17. The molecule has 0 saturated carbocycles. The zero-order valence-electron chi connectivity index (χ0n) is 5.70. The highest BCUT2D eigenvalue weighted by molar-refractivity contribution is 5.29. The van der Waals surface area contributed by atoms with Crippen LogP contribution in [0.1, 0.15) is 5.69 Å². The van der Waals surface area contributed by atoms with Gasteiger partial charge in [-0.1, -0.05) is 0 Å². The van der Waals surface area contributed by atoms with E-state index in [1.165, 1.54) is 6.20 Å². The lowest BCUT2D eigenvalue weighted by molar-refractivity contribution is 0.276. The van der Waals surface area contributed by atoms with Crippen molar-refractivity contribution in [3.05, 3.63) is 18.1 Å². The van der Waals surface area contributed by atoms with Crippen molar-refractivity contribution in [2.45, 2.75) is 6.61 Å². The Labute approximate surface area is 58.9 Å². The standard InChI is InChI=1S/C6H9N3O/c1-7-6-3-8-5(4-10)2-9-6/h2-3,10H,4H2,1H3,(H,7,9). The first-order valence-corrected chi connectivity index (χ1v) is 2.96. The van der Waals surface area contributed by atoms with Crippen molar-refractivity contribution >= 4 is 5.82 Å². The van der Waals surface area contributed by atoms with Gasteiger partial charge in [0.2, 0.25) is 0 Å². The molecule has 0 bridgehead atoms. The van der Waals surface area contributed by atoms with E-state index in [1.54, 1.807) is 13.2 Å². The van der Waals surface area contributed by atoms with E-state index >= 15 is 0 Å². The molecule has 54 valence electrons. The number of aliphatic hydroxyl groups is 1. The summed E-state index contributed by atoms with van der Waals surface area (Å²) in [6.07, 6.45) is 3.11. The number of aromatic nitrogens is 2. The highest BCUT2D eigenvalue weighted by Gasteiger charge is 1.91. The van der Waals surface area contributed by atoms with Crippen LogP contribution in [0.2, 0.25) is 0 Å². The first-order chi connectivity index (χ1) is 4.86. The maximum absolute atomic E-state index is 8.58. The van der Waals surface area contributed by atoms with Gasteiger partial charge in [0.1, 0.15) is 5.82 Å². The van der Waals surface area contributed by atoms with Gasteiger partial charge in [-0.2, -0.15) is 0 Å². The molecule has 4 heteroatoms. The smallest absolute Gasteiger partial charge is 0.144 e. The van der Waals surface area contributed by atoms with Crippen LogP contribution < -0.4 is 5.32 Å². The Hall–Kier alpha value is -1.16. The molecule has 0 amide bonds. The summed E-state index contributed by atoms with van der Waals surface area (Å²) in [6.45, 7) is -0.0585. The highest BCUT2D eigenvalue weighted by Crippen LogP contribution is 1.98. The Morgan fingerprint density at radius 1 is 1.50 bits per heavy atom. The van der Waals surface area contributed by atoms with E-state index in [1.807, 2.05) is 0 Å². The molecule has 0 atom stereocenters. The van der Waals surface area contributed by atoms with Crippen LogP contribution in [-0.2, 0) is 6.61 Å². The van der Waals surface area contributed by atoms with Gasteiger partial charge >= 0.3 is 0 Å². The summed E-state index contributed by atoms with van der Waals surface area (Å²) in [5, 5.41) is 11.4. The molecule has 1 rings (SSSR count). The van der Waals surface area contributed by atoms with Gasteiger partial charge in [-0.15, -0.1) is 0 Å². The van der Waals surface area contributed by atoms with Crippen LogP contribution >= 0.6 is 0 Å². The molecule has 1 aromatic heterocycles. The van der Waals surface area contributed by atoms with E-state index < -0.39 is 0 Å². The van der Waals surface area contributed by atoms with Crippen LogP contribution in [-0.4, -0.2) is 22.1 Å². The van der Waals surface area contributed by atoms with Crippen molar-refractivity contribution < 1.29 is 5.11 Å². The largest absolute Gasteiger partial charge is 0.390 e. The summed E-state index contributed by atoms with van der Waals surface area (Å²) in [6, 6.07) is 0. The van der Waals surface area contributed by atoms with Gasteiger partial charge < -0.3 is 10.4 Å². The molecule has 0 radical (unpaired) electrons. The molecule has 1 heterocycles. The number of aliphatic hydroxyl groups excluding tert-OH is 1. The molecule has 0 saturated heterocycles. The van der Waals surface area contributed by atoms with Crippen LogP contribution in [0.25, 0.3) is 0 Å². The summed E-state index contributed by atoms with van der Waals surface area (Å²) in [5.41, 5.74) is 0.582. The second-order valence-corrected chi connectivity index (χ2v) is 1.80. The molecule has 10 heavy (non-hydrogen) atoms. The molecular formula is C6H9N3O. The van der Waals surface area contributed by atoms with Gasteiger partial charge in [0, 0.05) is 7.05 Å². The molecule has 2 N–H and O–H groups in total. The first kappa shape index (κ1) is 6.95. The van der Waals surface area contributed by atoms with Crippen LogP contribution in [0.5, 0.6) is 0 Å². The number of hydrogen-bond acceptors (Lipinski definition) is 4. The van der Waals surface area contributed by atoms with Crippen molar-refractivity contribution in [2.75, 3.05) is 12.4 Å². The van der Waals surface area contributed by atoms with Crippen molar-refractivity contribution in [1.29, 1.82) is 0 Å². The monoisotopic (exact) mass is 139 g/mol. The fraction of sp³-hybridized carbons (Fsp3) is 0.333. The lowest BCUT2D eigenvalue weighted by Crippen LogP contribution is -1.95. The Morgan fingerprint density at radius 3 is 2.70 bits per heavy atom. The van der Waals surface area contributed by atoms with Gasteiger partial charge in [0.15, 0.2) is 0 Å². The third-order valence-electron chi connectivity index (χ3n) is 1.12. The Morgan fingerprint density at radius 2 is 2.30 bits per heavy atom. The number of rotatable bonds is 2. The number of nitrogens with one attached hydrogen (secondary N) is 1. The van der Waals surface area contributed by atoms with Crippen molar-refractivity contribution in [2.24, 2.45) is 0 Å². The summed E-state index contributed by atoms with van der Waals surface area (Å²) in [4.78, 5) is 7.83. The van der Waals surface area contributed by atoms with Crippen LogP contribution in [0.4, 0.5) is 5.82 Å². The number of nitrogens with zero attached hydrogens (tertiary/aromatic N) is 2. The van der Waals surface area contributed by atoms with Crippen LogP contribution in [0, 0.1) is 0 Å². The molecule has 0 aliphatic heterocycles. The zero-order valence-corrected chi connectivity index (χ0v) is 5.70. The van der Waals surface area contributed by atoms with Gasteiger partial charge in [0.25, 0.3) is 0 Å². The molecule has 0 unspecified atom stereocenters. The second-order valence-electron chi connectivity index (χ2n) is 1.80. The van der Waals surface area contributed by atoms with Crippen molar-refractivity contribution in [3.63, 3.8) is 0 Å². The predicted octanol–water partition coefficient (Wildman–Crippen LogP) is 0.0106. The van der Waals surface area contributed by atoms with Gasteiger partial charge in [-0.25, -0.2) is 4.98 Å². The lowest BCUT2D eigenvalue weighted by atomic mass is 10.5. The average Bonchev–Trinajstić information content (AvgIpc) is 2.05. The Balaban J connectivity index is 2.80. The molecule has 1 aromatic rings. The average molecular weight is 139 g/mol. The molecule has 0 aliphatic rings. The molecule has 0 aromatic carbocycles. The second kappa shape index (κ2) is 3.12. The van der Waals surface area contributed by atoms with Gasteiger partial charge in [-0.3, -0.25) is 4.98 Å². The third kappa shape index (κ3) is 1.41. The highest BCUT2D eigenvalue weighted by atomic mass is 16.3. The van der Waals surface area contributed by atoms with E-state index in [4.69, 9.17) is 5.11 Å². The molecule has 0 fully saturated rings. The third-order valence-corrected chi connectivity index (χ3v) is 1.12. The van der Waals surface area contributed by atoms with E-state index in [0.717, 1.165) is 0 Å². The van der Waals surface area contributed by atoms with Crippen molar-refractivity contribution in [3.8, 4) is 0 Å². The zero-order chi connectivity index (χ0) is 7.40. The topological polar surface area (TPSA) is 58.0 Å². The van der Waals surface area contributed by atoms with E-state index in [9.17, 15) is 0 Å². The van der Waals surface area contributed by atoms with E-state index in [0.29, 0.717) is 11.5 Å². The maximum atomic E-state index is 8.58. The van der Waals surface area contributed by atoms with Gasteiger partial charge in [-0.05, 0) is 0 Å². The minimum absolute atomic E-state index is 0.0585. The first-order valence-electron chi connectivity index (χ1n) is 2.96. The number of hydrogen-bond donors (Lipinski definition) is 2. The Bertz CT molecular complexity index is 174.